The van der Waals surface area contributed by atoms with Gasteiger partial charge in [0.15, 0.2) is 0 Å². The fraction of sp³-hybridized carbons (Fsp3) is 0.250. The molecule has 0 spiro atoms. The predicted molar refractivity (Wildman–Crippen MR) is 65.3 cm³/mol. The summed E-state index contributed by atoms with van der Waals surface area (Å²) in [5.41, 5.74) is -0.473. The average Bonchev–Trinajstić information content (AvgIpc) is 2.48. The lowest BCUT2D eigenvalue weighted by atomic mass is 10.1. The number of ether oxygens (including phenoxy) is 1. The van der Waals surface area contributed by atoms with E-state index in [9.17, 15) is 14.9 Å². The fourth-order valence-corrected chi connectivity index (χ4v) is 1.75. The average molecular weight is 248 g/mol. The molecule has 1 aliphatic rings. The number of benzene rings is 1. The van der Waals surface area contributed by atoms with Gasteiger partial charge in [0, 0.05) is 6.07 Å². The van der Waals surface area contributed by atoms with Gasteiger partial charge < -0.3 is 4.74 Å². The Labute approximate surface area is 104 Å². The van der Waals surface area contributed by atoms with Gasteiger partial charge in [-0.2, -0.15) is 0 Å². The number of hydrogen-bond donors (Lipinski definition) is 0. The molecule has 0 aliphatic carbocycles. The summed E-state index contributed by atoms with van der Waals surface area (Å²) in [7, 11) is 0. The molecule has 0 aromatic heterocycles. The normalized spacial score (nSPS) is 17.8. The van der Waals surface area contributed by atoms with Gasteiger partial charge in [-0.25, -0.2) is 9.69 Å². The van der Waals surface area contributed by atoms with E-state index in [0.717, 1.165) is 4.90 Å². The SMILES string of the molecule is C=C1N(c2ccccc2[N+](=O)[O-])C(=O)OC1(C)C. The van der Waals surface area contributed by atoms with Crippen molar-refractivity contribution in [3.63, 3.8) is 0 Å². The van der Waals surface area contributed by atoms with Gasteiger partial charge in [0.1, 0.15) is 11.3 Å². The molecule has 18 heavy (non-hydrogen) atoms. The van der Waals surface area contributed by atoms with Crippen molar-refractivity contribution in [3.8, 4) is 0 Å². The molecule has 1 amide bonds. The first-order chi connectivity index (χ1) is 8.34. The van der Waals surface area contributed by atoms with E-state index in [1.807, 2.05) is 0 Å². The van der Waals surface area contributed by atoms with Crippen LogP contribution < -0.4 is 4.90 Å². The summed E-state index contributed by atoms with van der Waals surface area (Å²) in [6, 6.07) is 5.98. The fourth-order valence-electron chi connectivity index (χ4n) is 1.75. The number of cyclic esters (lactones) is 1. The van der Waals surface area contributed by atoms with Crippen LogP contribution in [0.1, 0.15) is 13.8 Å². The first kappa shape index (κ1) is 12.1. The second kappa shape index (κ2) is 3.83. The Kier molecular flexibility index (Phi) is 2.58. The van der Waals surface area contributed by atoms with E-state index < -0.39 is 16.6 Å². The highest BCUT2D eigenvalue weighted by Crippen LogP contribution is 2.39. The molecule has 6 nitrogen and oxygen atoms in total. The molecule has 0 atom stereocenters. The van der Waals surface area contributed by atoms with E-state index in [0.29, 0.717) is 5.70 Å². The maximum Gasteiger partial charge on any atom is 0.419 e. The standard InChI is InChI=1S/C12H12N2O4/c1-8-12(2,3)18-11(15)13(8)9-6-4-5-7-10(9)14(16)17/h4-7H,1H2,2-3H3. The van der Waals surface area contributed by atoms with Gasteiger partial charge in [-0.05, 0) is 19.9 Å². The zero-order valence-corrected chi connectivity index (χ0v) is 10.0. The Bertz CT molecular complexity index is 551. The summed E-state index contributed by atoms with van der Waals surface area (Å²) < 4.78 is 5.13. The third kappa shape index (κ3) is 1.71. The Morgan fingerprint density at radius 3 is 2.50 bits per heavy atom. The number of nitro groups is 1. The lowest BCUT2D eigenvalue weighted by molar-refractivity contribution is -0.384. The number of para-hydroxylation sites is 2. The second-order valence-electron chi connectivity index (χ2n) is 4.41. The number of anilines is 1. The Morgan fingerprint density at radius 1 is 1.39 bits per heavy atom. The smallest absolute Gasteiger partial charge is 0.419 e. The molecule has 1 aromatic rings. The summed E-state index contributed by atoms with van der Waals surface area (Å²) in [6.45, 7) is 7.14. The molecule has 0 saturated carbocycles. The summed E-state index contributed by atoms with van der Waals surface area (Å²) >= 11 is 0. The molecule has 94 valence electrons. The molecule has 0 unspecified atom stereocenters. The van der Waals surface area contributed by atoms with Gasteiger partial charge in [0.25, 0.3) is 5.69 Å². The van der Waals surface area contributed by atoms with Gasteiger partial charge in [0.05, 0.1) is 10.6 Å². The highest BCUT2D eigenvalue weighted by Gasteiger charge is 2.44. The van der Waals surface area contributed by atoms with Crippen LogP contribution >= 0.6 is 0 Å². The monoisotopic (exact) mass is 248 g/mol. The highest BCUT2D eigenvalue weighted by molar-refractivity contribution is 5.97. The first-order valence-corrected chi connectivity index (χ1v) is 5.30. The van der Waals surface area contributed by atoms with Crippen molar-refractivity contribution in [2.24, 2.45) is 0 Å². The van der Waals surface area contributed by atoms with Crippen LogP contribution in [-0.4, -0.2) is 16.6 Å². The molecule has 1 aliphatic heterocycles. The number of carbonyl (C=O) groups is 1. The van der Waals surface area contributed by atoms with Crippen molar-refractivity contribution in [2.45, 2.75) is 19.4 Å². The Balaban J connectivity index is 2.54. The molecule has 0 N–H and O–H groups in total. The van der Waals surface area contributed by atoms with E-state index in [1.165, 1.54) is 18.2 Å². The van der Waals surface area contributed by atoms with Crippen molar-refractivity contribution in [3.05, 3.63) is 46.7 Å². The number of carbonyl (C=O) groups excluding carboxylic acids is 1. The van der Waals surface area contributed by atoms with Crippen LogP contribution in [0.25, 0.3) is 0 Å². The second-order valence-corrected chi connectivity index (χ2v) is 4.41. The molecule has 0 radical (unpaired) electrons. The van der Waals surface area contributed by atoms with Crippen LogP contribution in [0.15, 0.2) is 36.5 Å². The summed E-state index contributed by atoms with van der Waals surface area (Å²) in [4.78, 5) is 23.3. The minimum absolute atomic E-state index is 0.159. The van der Waals surface area contributed by atoms with E-state index in [-0.39, 0.29) is 11.4 Å². The van der Waals surface area contributed by atoms with Gasteiger partial charge in [-0.3, -0.25) is 10.1 Å². The van der Waals surface area contributed by atoms with E-state index in [4.69, 9.17) is 4.74 Å². The molecule has 6 heteroatoms. The zero-order chi connectivity index (χ0) is 13.5. The van der Waals surface area contributed by atoms with Crippen molar-refractivity contribution in [1.29, 1.82) is 0 Å². The maximum atomic E-state index is 11.8. The third-order valence-electron chi connectivity index (χ3n) is 2.81. The van der Waals surface area contributed by atoms with E-state index >= 15 is 0 Å². The first-order valence-electron chi connectivity index (χ1n) is 5.30. The number of hydrogen-bond acceptors (Lipinski definition) is 4. The quantitative estimate of drug-likeness (QED) is 0.595. The molecule has 1 heterocycles. The van der Waals surface area contributed by atoms with Crippen molar-refractivity contribution >= 4 is 17.5 Å². The predicted octanol–water partition coefficient (Wildman–Crippen LogP) is 2.84. The Hall–Kier alpha value is -2.37. The molecular formula is C12H12N2O4. The zero-order valence-electron chi connectivity index (χ0n) is 10.0. The lowest BCUT2D eigenvalue weighted by Crippen LogP contribution is -2.25. The largest absolute Gasteiger partial charge is 0.436 e. The van der Waals surface area contributed by atoms with Crippen LogP contribution in [0.4, 0.5) is 16.2 Å². The number of nitrogens with zero attached hydrogens (tertiary/aromatic N) is 2. The maximum absolute atomic E-state index is 11.8. The van der Waals surface area contributed by atoms with Crippen molar-refractivity contribution in [2.75, 3.05) is 4.90 Å². The van der Waals surface area contributed by atoms with Crippen LogP contribution in [0.5, 0.6) is 0 Å². The van der Waals surface area contributed by atoms with Crippen LogP contribution in [0.3, 0.4) is 0 Å². The topological polar surface area (TPSA) is 72.7 Å². The summed E-state index contributed by atoms with van der Waals surface area (Å²) in [6.07, 6.45) is -0.653. The number of amides is 1. The van der Waals surface area contributed by atoms with Gasteiger partial charge in [-0.1, -0.05) is 18.7 Å². The van der Waals surface area contributed by atoms with Crippen molar-refractivity contribution < 1.29 is 14.5 Å². The molecular weight excluding hydrogens is 236 g/mol. The summed E-state index contributed by atoms with van der Waals surface area (Å²) in [5.74, 6) is 0. The summed E-state index contributed by atoms with van der Waals surface area (Å²) in [5, 5.41) is 11.0. The highest BCUT2D eigenvalue weighted by atomic mass is 16.6. The van der Waals surface area contributed by atoms with Crippen LogP contribution in [-0.2, 0) is 4.74 Å². The minimum Gasteiger partial charge on any atom is -0.436 e. The molecule has 1 fully saturated rings. The Morgan fingerprint density at radius 2 is 2.00 bits per heavy atom. The van der Waals surface area contributed by atoms with Crippen LogP contribution in [0.2, 0.25) is 0 Å². The van der Waals surface area contributed by atoms with Gasteiger partial charge >= 0.3 is 6.09 Å². The molecule has 1 saturated heterocycles. The third-order valence-corrected chi connectivity index (χ3v) is 2.81. The van der Waals surface area contributed by atoms with E-state index in [1.54, 1.807) is 19.9 Å². The lowest BCUT2D eigenvalue weighted by Gasteiger charge is -2.18. The molecule has 0 bridgehead atoms. The van der Waals surface area contributed by atoms with Gasteiger partial charge in [0.2, 0.25) is 0 Å². The van der Waals surface area contributed by atoms with Crippen LogP contribution in [0, 0.1) is 10.1 Å². The number of nitro benzene ring substituents is 1. The van der Waals surface area contributed by atoms with E-state index in [2.05, 4.69) is 6.58 Å². The molecule has 2 rings (SSSR count). The molecule has 1 aromatic carbocycles. The minimum atomic E-state index is -0.860. The van der Waals surface area contributed by atoms with Crippen molar-refractivity contribution in [1.82, 2.24) is 0 Å². The van der Waals surface area contributed by atoms with Gasteiger partial charge in [-0.15, -0.1) is 0 Å². The number of rotatable bonds is 2.